The lowest BCUT2D eigenvalue weighted by molar-refractivity contribution is -0.135. The molecular weight excluding hydrogens is 342 g/mol. The highest BCUT2D eigenvalue weighted by atomic mass is 35.5. The van der Waals surface area contributed by atoms with Gasteiger partial charge in [-0.2, -0.15) is 4.98 Å². The lowest BCUT2D eigenvalue weighted by Gasteiger charge is -2.33. The molecule has 1 aromatic rings. The van der Waals surface area contributed by atoms with Crippen LogP contribution < -0.4 is 5.32 Å². The molecule has 1 aromatic heterocycles. The Labute approximate surface area is 145 Å². The monoisotopic (exact) mass is 364 g/mol. The Morgan fingerprint density at radius 1 is 1.46 bits per heavy atom. The SMILES string of the molecule is CC(C)c1nc(C2CCCN(C(=O)C3CC(F)(F)CN3)C2)no1.Cl. The van der Waals surface area contributed by atoms with Crippen molar-refractivity contribution < 1.29 is 18.1 Å². The van der Waals surface area contributed by atoms with Crippen LogP contribution in [0.2, 0.25) is 0 Å². The van der Waals surface area contributed by atoms with Crippen LogP contribution in [0.4, 0.5) is 8.78 Å². The zero-order valence-corrected chi connectivity index (χ0v) is 14.6. The van der Waals surface area contributed by atoms with Crippen LogP contribution in [0, 0.1) is 0 Å². The molecule has 2 saturated heterocycles. The van der Waals surface area contributed by atoms with Crippen molar-refractivity contribution in [3.63, 3.8) is 0 Å². The van der Waals surface area contributed by atoms with Crippen molar-refractivity contribution in [2.45, 2.75) is 56.9 Å². The number of alkyl halides is 2. The number of nitrogens with one attached hydrogen (secondary N) is 1. The van der Waals surface area contributed by atoms with E-state index in [4.69, 9.17) is 4.52 Å². The van der Waals surface area contributed by atoms with Crippen LogP contribution in [-0.4, -0.2) is 52.5 Å². The van der Waals surface area contributed by atoms with E-state index in [-0.39, 0.29) is 30.2 Å². The van der Waals surface area contributed by atoms with E-state index in [0.717, 1.165) is 12.8 Å². The zero-order chi connectivity index (χ0) is 16.6. The van der Waals surface area contributed by atoms with Crippen molar-refractivity contribution in [1.82, 2.24) is 20.4 Å². The standard InChI is InChI=1S/C15H22F2N4O2.ClH/c1-9(2)13-19-12(20-23-13)10-4-3-5-21(7-10)14(22)11-6-15(16,17)8-18-11;/h9-11,18H,3-8H2,1-2H3;1H. The molecule has 1 N–H and O–H groups in total. The van der Waals surface area contributed by atoms with E-state index in [1.54, 1.807) is 4.90 Å². The normalized spacial score (nSPS) is 26.5. The molecule has 0 saturated carbocycles. The van der Waals surface area contributed by atoms with E-state index >= 15 is 0 Å². The Balaban J connectivity index is 0.00000208. The maximum Gasteiger partial charge on any atom is 0.262 e. The van der Waals surface area contributed by atoms with Gasteiger partial charge in [0.25, 0.3) is 5.92 Å². The fourth-order valence-electron chi connectivity index (χ4n) is 3.15. The molecule has 3 heterocycles. The average Bonchev–Trinajstić information content (AvgIpc) is 3.13. The number of amides is 1. The van der Waals surface area contributed by atoms with Crippen molar-refractivity contribution in [1.29, 1.82) is 0 Å². The van der Waals surface area contributed by atoms with Gasteiger partial charge in [0, 0.05) is 31.3 Å². The number of aromatic nitrogens is 2. The van der Waals surface area contributed by atoms with Crippen molar-refractivity contribution >= 4 is 18.3 Å². The molecule has 24 heavy (non-hydrogen) atoms. The maximum atomic E-state index is 13.3. The van der Waals surface area contributed by atoms with E-state index in [1.807, 2.05) is 13.8 Å². The molecule has 0 bridgehead atoms. The summed E-state index contributed by atoms with van der Waals surface area (Å²) < 4.78 is 31.8. The van der Waals surface area contributed by atoms with Gasteiger partial charge >= 0.3 is 0 Å². The largest absolute Gasteiger partial charge is 0.341 e. The molecular formula is C15H23ClF2N4O2. The third kappa shape index (κ3) is 4.03. The van der Waals surface area contributed by atoms with E-state index < -0.39 is 24.9 Å². The summed E-state index contributed by atoms with van der Waals surface area (Å²) in [5.41, 5.74) is 0. The Kier molecular flexibility index (Phi) is 5.80. The smallest absolute Gasteiger partial charge is 0.262 e. The first-order chi connectivity index (χ1) is 10.9. The minimum atomic E-state index is -2.80. The molecule has 6 nitrogen and oxygen atoms in total. The van der Waals surface area contributed by atoms with Crippen molar-refractivity contribution in [3.8, 4) is 0 Å². The topological polar surface area (TPSA) is 71.3 Å². The number of likely N-dealkylation sites (tertiary alicyclic amines) is 1. The molecule has 2 aliphatic heterocycles. The third-order valence-corrected chi connectivity index (χ3v) is 4.46. The van der Waals surface area contributed by atoms with Gasteiger partial charge in [0.05, 0.1) is 12.6 Å². The fourth-order valence-corrected chi connectivity index (χ4v) is 3.15. The number of hydrogen-bond acceptors (Lipinski definition) is 5. The van der Waals surface area contributed by atoms with Crippen LogP contribution in [0.3, 0.4) is 0 Å². The van der Waals surface area contributed by atoms with Gasteiger partial charge in [0.15, 0.2) is 5.82 Å². The van der Waals surface area contributed by atoms with Gasteiger partial charge in [0.1, 0.15) is 0 Å². The molecule has 2 unspecified atom stereocenters. The second-order valence-corrected chi connectivity index (χ2v) is 6.76. The minimum absolute atomic E-state index is 0. The molecule has 2 aliphatic rings. The van der Waals surface area contributed by atoms with Gasteiger partial charge in [0.2, 0.25) is 11.8 Å². The Morgan fingerprint density at radius 2 is 2.21 bits per heavy atom. The molecule has 1 amide bonds. The maximum absolute atomic E-state index is 13.3. The first kappa shape index (κ1) is 19.1. The zero-order valence-electron chi connectivity index (χ0n) is 13.8. The van der Waals surface area contributed by atoms with E-state index in [9.17, 15) is 13.6 Å². The van der Waals surface area contributed by atoms with Gasteiger partial charge in [-0.05, 0) is 12.8 Å². The Bertz CT molecular complexity index is 582. The van der Waals surface area contributed by atoms with Crippen LogP contribution in [0.1, 0.15) is 56.7 Å². The second-order valence-electron chi connectivity index (χ2n) is 6.76. The number of carbonyl (C=O) groups excluding carboxylic acids is 1. The molecule has 9 heteroatoms. The van der Waals surface area contributed by atoms with Crippen LogP contribution in [0.5, 0.6) is 0 Å². The summed E-state index contributed by atoms with van der Waals surface area (Å²) in [6.07, 6.45) is 1.26. The third-order valence-electron chi connectivity index (χ3n) is 4.46. The Morgan fingerprint density at radius 3 is 2.79 bits per heavy atom. The van der Waals surface area contributed by atoms with Crippen LogP contribution in [0.15, 0.2) is 4.52 Å². The first-order valence-corrected chi connectivity index (χ1v) is 8.09. The summed E-state index contributed by atoms with van der Waals surface area (Å²) in [5, 5.41) is 6.64. The summed E-state index contributed by atoms with van der Waals surface area (Å²) in [4.78, 5) is 18.5. The second kappa shape index (κ2) is 7.31. The summed E-state index contributed by atoms with van der Waals surface area (Å²) in [6, 6.07) is -0.791. The van der Waals surface area contributed by atoms with Gasteiger partial charge in [-0.15, -0.1) is 12.4 Å². The summed E-state index contributed by atoms with van der Waals surface area (Å²) in [5.74, 6) is -1.70. The van der Waals surface area contributed by atoms with Gasteiger partial charge < -0.3 is 9.42 Å². The fraction of sp³-hybridized carbons (Fsp3) is 0.800. The van der Waals surface area contributed by atoms with Crippen LogP contribution in [-0.2, 0) is 4.79 Å². The van der Waals surface area contributed by atoms with E-state index in [2.05, 4.69) is 15.5 Å². The van der Waals surface area contributed by atoms with Crippen molar-refractivity contribution in [2.24, 2.45) is 0 Å². The molecule has 3 rings (SSSR count). The first-order valence-electron chi connectivity index (χ1n) is 8.09. The van der Waals surface area contributed by atoms with Crippen LogP contribution in [0.25, 0.3) is 0 Å². The number of halogens is 3. The molecule has 0 radical (unpaired) electrons. The van der Waals surface area contributed by atoms with Crippen LogP contribution >= 0.6 is 12.4 Å². The van der Waals surface area contributed by atoms with Crippen molar-refractivity contribution in [3.05, 3.63) is 11.7 Å². The molecule has 0 aliphatic carbocycles. The lowest BCUT2D eigenvalue weighted by atomic mass is 9.96. The quantitative estimate of drug-likeness (QED) is 0.891. The molecule has 2 fully saturated rings. The van der Waals surface area contributed by atoms with E-state index in [1.165, 1.54) is 0 Å². The summed E-state index contributed by atoms with van der Waals surface area (Å²) >= 11 is 0. The summed E-state index contributed by atoms with van der Waals surface area (Å²) in [7, 11) is 0. The lowest BCUT2D eigenvalue weighted by Crippen LogP contribution is -2.47. The Hall–Kier alpha value is -1.28. The van der Waals surface area contributed by atoms with Crippen molar-refractivity contribution in [2.75, 3.05) is 19.6 Å². The molecule has 2 atom stereocenters. The number of nitrogens with zero attached hydrogens (tertiary/aromatic N) is 3. The van der Waals surface area contributed by atoms with Gasteiger partial charge in [-0.25, -0.2) is 8.78 Å². The molecule has 0 aromatic carbocycles. The summed E-state index contributed by atoms with van der Waals surface area (Å²) in [6.45, 7) is 4.57. The highest BCUT2D eigenvalue weighted by Gasteiger charge is 2.44. The predicted octanol–water partition coefficient (Wildman–Crippen LogP) is 2.32. The molecule has 0 spiro atoms. The number of piperidine rings is 1. The van der Waals surface area contributed by atoms with Gasteiger partial charge in [-0.3, -0.25) is 10.1 Å². The minimum Gasteiger partial charge on any atom is -0.341 e. The average molecular weight is 365 g/mol. The number of rotatable bonds is 3. The highest BCUT2D eigenvalue weighted by molar-refractivity contribution is 5.85. The molecule has 136 valence electrons. The van der Waals surface area contributed by atoms with Gasteiger partial charge in [-0.1, -0.05) is 19.0 Å². The number of carbonyl (C=O) groups is 1. The highest BCUT2D eigenvalue weighted by Crippen LogP contribution is 2.29. The number of hydrogen-bond donors (Lipinski definition) is 1. The van der Waals surface area contributed by atoms with E-state index in [0.29, 0.717) is 24.8 Å². The predicted molar refractivity (Wildman–Crippen MR) is 85.5 cm³/mol.